The van der Waals surface area contributed by atoms with Gasteiger partial charge in [-0.15, -0.1) is 5.10 Å². The van der Waals surface area contributed by atoms with E-state index in [9.17, 15) is 4.79 Å². The number of aryl methyl sites for hydroxylation is 1. The van der Waals surface area contributed by atoms with E-state index in [-0.39, 0.29) is 18.6 Å². The number of aromatic nitrogens is 5. The van der Waals surface area contributed by atoms with Gasteiger partial charge in [0.25, 0.3) is 5.95 Å². The summed E-state index contributed by atoms with van der Waals surface area (Å²) in [7, 11) is 0. The van der Waals surface area contributed by atoms with Crippen molar-refractivity contribution >= 4 is 11.7 Å². The third kappa shape index (κ3) is 2.97. The van der Waals surface area contributed by atoms with Gasteiger partial charge in [0.2, 0.25) is 12.7 Å². The van der Waals surface area contributed by atoms with Crippen LogP contribution in [0.1, 0.15) is 29.2 Å². The summed E-state index contributed by atoms with van der Waals surface area (Å²) in [6, 6.07) is 15.5. The van der Waals surface area contributed by atoms with Crippen LogP contribution in [0.4, 0.5) is 5.82 Å². The minimum atomic E-state index is -0.174. The monoisotopic (exact) mass is 426 g/mol. The highest BCUT2D eigenvalue weighted by Crippen LogP contribution is 2.43. The second kappa shape index (κ2) is 7.16. The molecule has 1 amide bonds. The third-order valence-corrected chi connectivity index (χ3v) is 5.71. The average molecular weight is 426 g/mol. The quantitative estimate of drug-likeness (QED) is 0.536. The number of anilines is 1. The van der Waals surface area contributed by atoms with Crippen LogP contribution in [0.5, 0.6) is 11.5 Å². The number of nitrogens with one attached hydrogen (secondary N) is 1. The van der Waals surface area contributed by atoms with E-state index in [2.05, 4.69) is 25.6 Å². The first-order valence-electron chi connectivity index (χ1n) is 10.2. The smallest absolute Gasteiger partial charge is 0.272 e. The summed E-state index contributed by atoms with van der Waals surface area (Å²) in [6.45, 7) is 2.12. The minimum absolute atomic E-state index is 0.103. The summed E-state index contributed by atoms with van der Waals surface area (Å²) in [4.78, 5) is 17.3. The predicted molar refractivity (Wildman–Crippen MR) is 115 cm³/mol. The summed E-state index contributed by atoms with van der Waals surface area (Å²) in [5.74, 6) is 1.97. The number of rotatable bonds is 3. The number of amides is 1. The van der Waals surface area contributed by atoms with Crippen LogP contribution in [0.2, 0.25) is 0 Å². The van der Waals surface area contributed by atoms with E-state index >= 15 is 0 Å². The zero-order valence-corrected chi connectivity index (χ0v) is 17.1. The van der Waals surface area contributed by atoms with E-state index < -0.39 is 0 Å². The predicted octanol–water partition coefficient (Wildman–Crippen LogP) is 3.24. The van der Waals surface area contributed by atoms with Crippen LogP contribution in [0.15, 0.2) is 54.7 Å². The minimum Gasteiger partial charge on any atom is -0.454 e. The highest BCUT2D eigenvalue weighted by atomic mass is 16.7. The SMILES string of the molecule is Cc1nn(-c2nncc(-c3ccccc3)n2)c2c1[C@@H](c1ccc3c(c1)OCO3)CC(=O)N2. The lowest BCUT2D eigenvalue weighted by atomic mass is 9.85. The number of hydrogen-bond acceptors (Lipinski definition) is 7. The van der Waals surface area contributed by atoms with E-state index in [1.165, 1.54) is 0 Å². The largest absolute Gasteiger partial charge is 0.454 e. The number of ether oxygens (including phenoxy) is 2. The van der Waals surface area contributed by atoms with Gasteiger partial charge < -0.3 is 14.8 Å². The topological polar surface area (TPSA) is 104 Å². The van der Waals surface area contributed by atoms with Crippen LogP contribution in [0.3, 0.4) is 0 Å². The van der Waals surface area contributed by atoms with Crippen molar-refractivity contribution in [3.05, 3.63) is 71.5 Å². The van der Waals surface area contributed by atoms with Crippen LogP contribution in [-0.4, -0.2) is 37.7 Å². The van der Waals surface area contributed by atoms with Crippen molar-refractivity contribution < 1.29 is 14.3 Å². The Kier molecular flexibility index (Phi) is 4.14. The van der Waals surface area contributed by atoms with E-state index in [0.717, 1.165) is 22.4 Å². The Balaban J connectivity index is 1.45. The molecule has 0 saturated carbocycles. The molecule has 2 aliphatic rings. The Bertz CT molecular complexity index is 1350. The van der Waals surface area contributed by atoms with Gasteiger partial charge in [0.1, 0.15) is 5.82 Å². The molecule has 0 saturated heterocycles. The Morgan fingerprint density at radius 2 is 1.94 bits per heavy atom. The molecular weight excluding hydrogens is 408 g/mol. The Morgan fingerprint density at radius 3 is 2.81 bits per heavy atom. The first-order valence-corrected chi connectivity index (χ1v) is 10.2. The first-order chi connectivity index (χ1) is 15.7. The molecule has 0 bridgehead atoms. The molecule has 1 atom stereocenters. The molecule has 158 valence electrons. The summed E-state index contributed by atoms with van der Waals surface area (Å²) < 4.78 is 12.5. The van der Waals surface area contributed by atoms with Crippen LogP contribution in [0.25, 0.3) is 17.2 Å². The highest BCUT2D eigenvalue weighted by molar-refractivity contribution is 5.95. The molecule has 0 unspecified atom stereocenters. The van der Waals surface area contributed by atoms with E-state index in [1.54, 1.807) is 10.9 Å². The second-order valence-electron chi connectivity index (χ2n) is 7.68. The molecule has 0 fully saturated rings. The molecule has 0 radical (unpaired) electrons. The molecule has 0 spiro atoms. The van der Waals surface area contributed by atoms with Gasteiger partial charge in [-0.05, 0) is 24.6 Å². The molecule has 2 aromatic carbocycles. The van der Waals surface area contributed by atoms with Crippen molar-refractivity contribution in [3.8, 4) is 28.7 Å². The number of fused-ring (bicyclic) bond motifs is 2. The number of hydrogen-bond donors (Lipinski definition) is 1. The van der Waals surface area contributed by atoms with Gasteiger partial charge in [-0.1, -0.05) is 36.4 Å². The molecule has 2 aliphatic heterocycles. The molecule has 0 aliphatic carbocycles. The van der Waals surface area contributed by atoms with Crippen molar-refractivity contribution in [3.63, 3.8) is 0 Å². The summed E-state index contributed by atoms with van der Waals surface area (Å²) in [6.07, 6.45) is 1.91. The lowest BCUT2D eigenvalue weighted by Crippen LogP contribution is -2.25. The van der Waals surface area contributed by atoms with Crippen molar-refractivity contribution in [1.29, 1.82) is 0 Å². The normalized spacial score (nSPS) is 16.5. The van der Waals surface area contributed by atoms with Gasteiger partial charge in [-0.2, -0.15) is 14.9 Å². The fourth-order valence-electron chi connectivity index (χ4n) is 4.24. The maximum Gasteiger partial charge on any atom is 0.272 e. The van der Waals surface area contributed by atoms with Crippen molar-refractivity contribution in [2.75, 3.05) is 12.1 Å². The average Bonchev–Trinajstić information content (AvgIpc) is 3.43. The van der Waals surface area contributed by atoms with Crippen molar-refractivity contribution in [2.24, 2.45) is 0 Å². The van der Waals surface area contributed by atoms with E-state index in [0.29, 0.717) is 35.4 Å². The fraction of sp³-hybridized carbons (Fsp3) is 0.174. The second-order valence-corrected chi connectivity index (χ2v) is 7.68. The van der Waals surface area contributed by atoms with Crippen LogP contribution in [-0.2, 0) is 4.79 Å². The Hall–Kier alpha value is -4.27. The van der Waals surface area contributed by atoms with Gasteiger partial charge in [-0.3, -0.25) is 4.79 Å². The lowest BCUT2D eigenvalue weighted by molar-refractivity contribution is -0.116. The molecular formula is C23H18N6O3. The number of nitrogens with zero attached hydrogens (tertiary/aromatic N) is 5. The fourth-order valence-corrected chi connectivity index (χ4v) is 4.24. The van der Waals surface area contributed by atoms with Gasteiger partial charge in [0.15, 0.2) is 11.5 Å². The van der Waals surface area contributed by atoms with Gasteiger partial charge in [0, 0.05) is 23.5 Å². The molecule has 2 aromatic heterocycles. The number of benzene rings is 2. The maximum atomic E-state index is 12.7. The van der Waals surface area contributed by atoms with E-state index in [4.69, 9.17) is 9.47 Å². The standard InChI is InChI=1S/C23H18N6O3/c1-13-21-16(15-7-8-18-19(9-15)32-12-31-18)10-20(30)26-22(21)29(28-13)23-25-17(11-24-27-23)14-5-3-2-4-6-14/h2-9,11,16H,10,12H2,1H3,(H,26,30)/t16-/m1/s1. The number of carbonyl (C=O) groups is 1. The van der Waals surface area contributed by atoms with Crippen LogP contribution < -0.4 is 14.8 Å². The highest BCUT2D eigenvalue weighted by Gasteiger charge is 2.34. The third-order valence-electron chi connectivity index (χ3n) is 5.71. The first kappa shape index (κ1) is 18.5. The van der Waals surface area contributed by atoms with Crippen molar-refractivity contribution in [1.82, 2.24) is 25.0 Å². The molecule has 9 nitrogen and oxygen atoms in total. The van der Waals surface area contributed by atoms with Gasteiger partial charge in [-0.25, -0.2) is 4.98 Å². The molecule has 32 heavy (non-hydrogen) atoms. The van der Waals surface area contributed by atoms with Crippen molar-refractivity contribution in [2.45, 2.75) is 19.3 Å². The van der Waals surface area contributed by atoms with Gasteiger partial charge >= 0.3 is 0 Å². The zero-order chi connectivity index (χ0) is 21.7. The number of carbonyl (C=O) groups excluding carboxylic acids is 1. The lowest BCUT2D eigenvalue weighted by Gasteiger charge is -2.24. The molecule has 6 rings (SSSR count). The van der Waals surface area contributed by atoms with E-state index in [1.807, 2.05) is 55.5 Å². The summed E-state index contributed by atoms with van der Waals surface area (Å²) in [5.41, 5.74) is 4.27. The Morgan fingerprint density at radius 1 is 1.09 bits per heavy atom. The molecule has 9 heteroatoms. The van der Waals surface area contributed by atoms with Gasteiger partial charge in [0.05, 0.1) is 17.6 Å². The zero-order valence-electron chi connectivity index (χ0n) is 17.1. The summed E-state index contributed by atoms with van der Waals surface area (Å²) >= 11 is 0. The van der Waals surface area contributed by atoms with Crippen LogP contribution >= 0.6 is 0 Å². The van der Waals surface area contributed by atoms with Crippen LogP contribution in [0, 0.1) is 6.92 Å². The maximum absolute atomic E-state index is 12.7. The summed E-state index contributed by atoms with van der Waals surface area (Å²) in [5, 5.41) is 15.9. The Labute approximate surface area is 183 Å². The molecule has 4 heterocycles. The molecule has 4 aromatic rings. The molecule has 1 N–H and O–H groups in total.